The van der Waals surface area contributed by atoms with Gasteiger partial charge in [0.1, 0.15) is 5.82 Å². The molecule has 8 nitrogen and oxygen atoms in total. The Hall–Kier alpha value is -3.16. The van der Waals surface area contributed by atoms with Crippen LogP contribution in [0.3, 0.4) is 0 Å². The first-order valence-electron chi connectivity index (χ1n) is 8.06. The summed E-state index contributed by atoms with van der Waals surface area (Å²) in [5.74, 6) is 0.669. The van der Waals surface area contributed by atoms with E-state index in [0.717, 1.165) is 6.54 Å². The third kappa shape index (κ3) is 4.66. The van der Waals surface area contributed by atoms with Crippen LogP contribution in [0.2, 0.25) is 0 Å². The Morgan fingerprint density at radius 2 is 2.04 bits per heavy atom. The van der Waals surface area contributed by atoms with Gasteiger partial charge in [-0.15, -0.1) is 0 Å². The number of hydrogen-bond acceptors (Lipinski definition) is 6. The van der Waals surface area contributed by atoms with Crippen LogP contribution in [-0.4, -0.2) is 28.3 Å². The number of nitrogens with two attached hydrogens (primary N) is 1. The second-order valence-electron chi connectivity index (χ2n) is 6.03. The minimum absolute atomic E-state index is 0.147. The first-order valence-corrected chi connectivity index (χ1v) is 8.06. The van der Waals surface area contributed by atoms with E-state index in [4.69, 9.17) is 5.73 Å². The summed E-state index contributed by atoms with van der Waals surface area (Å²) in [6, 6.07) is 7.18. The molecule has 0 spiro atoms. The van der Waals surface area contributed by atoms with Crippen molar-refractivity contribution >= 4 is 35.0 Å². The molecule has 130 valence electrons. The monoisotopic (exact) mass is 340 g/mol. The number of amides is 2. The number of hydrogen-bond donors (Lipinski definition) is 4. The topological polar surface area (TPSA) is 122 Å². The number of nitrogens with zero attached hydrogens (tertiary/aromatic N) is 2. The zero-order valence-corrected chi connectivity index (χ0v) is 13.9. The van der Waals surface area contributed by atoms with Crippen molar-refractivity contribution in [2.75, 3.05) is 22.5 Å². The van der Waals surface area contributed by atoms with Crippen molar-refractivity contribution in [1.29, 1.82) is 0 Å². The van der Waals surface area contributed by atoms with Crippen molar-refractivity contribution in [3.8, 4) is 0 Å². The Kier molecular flexibility index (Phi) is 4.78. The van der Waals surface area contributed by atoms with Crippen molar-refractivity contribution in [2.24, 2.45) is 11.7 Å². The summed E-state index contributed by atoms with van der Waals surface area (Å²) in [5, 5.41) is 8.95. The van der Waals surface area contributed by atoms with Crippen LogP contribution < -0.4 is 21.7 Å². The van der Waals surface area contributed by atoms with Gasteiger partial charge >= 0.3 is 0 Å². The second kappa shape index (κ2) is 7.16. The molecule has 1 aromatic heterocycles. The van der Waals surface area contributed by atoms with E-state index < -0.39 is 5.91 Å². The highest BCUT2D eigenvalue weighted by atomic mass is 16.1. The van der Waals surface area contributed by atoms with Crippen LogP contribution in [0.4, 0.5) is 23.1 Å². The summed E-state index contributed by atoms with van der Waals surface area (Å²) in [6.45, 7) is 2.21. The van der Waals surface area contributed by atoms with E-state index in [9.17, 15) is 9.59 Å². The van der Waals surface area contributed by atoms with E-state index in [1.165, 1.54) is 26.0 Å². The lowest BCUT2D eigenvalue weighted by atomic mass is 10.2. The summed E-state index contributed by atoms with van der Waals surface area (Å²) in [7, 11) is 0. The van der Waals surface area contributed by atoms with Gasteiger partial charge in [-0.1, -0.05) is 6.07 Å². The number of carbonyl (C=O) groups is 2. The average Bonchev–Trinajstić information content (AvgIpc) is 3.37. The van der Waals surface area contributed by atoms with E-state index in [2.05, 4.69) is 25.9 Å². The molecule has 0 radical (unpaired) electrons. The summed E-state index contributed by atoms with van der Waals surface area (Å²) in [4.78, 5) is 31.2. The number of aromatic nitrogens is 2. The van der Waals surface area contributed by atoms with Crippen LogP contribution in [0.25, 0.3) is 0 Å². The predicted molar refractivity (Wildman–Crippen MR) is 95.8 cm³/mol. The molecule has 3 rings (SSSR count). The van der Waals surface area contributed by atoms with Crippen LogP contribution in [-0.2, 0) is 4.79 Å². The van der Waals surface area contributed by atoms with Gasteiger partial charge in [-0.05, 0) is 37.0 Å². The largest absolute Gasteiger partial charge is 0.369 e. The molecule has 1 aromatic carbocycles. The Labute approximate surface area is 145 Å². The lowest BCUT2D eigenvalue weighted by molar-refractivity contribution is -0.114. The smallest absolute Gasteiger partial charge is 0.254 e. The maximum atomic E-state index is 11.5. The normalized spacial score (nSPS) is 13.2. The van der Waals surface area contributed by atoms with Crippen LogP contribution in [0.5, 0.6) is 0 Å². The van der Waals surface area contributed by atoms with Gasteiger partial charge in [-0.2, -0.15) is 4.98 Å². The van der Waals surface area contributed by atoms with Crippen LogP contribution in [0.1, 0.15) is 30.1 Å². The number of nitrogens with one attached hydrogen (secondary N) is 3. The highest BCUT2D eigenvalue weighted by molar-refractivity contribution is 5.97. The number of anilines is 4. The summed E-state index contributed by atoms with van der Waals surface area (Å²) < 4.78 is 0. The third-order valence-electron chi connectivity index (χ3n) is 3.75. The molecule has 25 heavy (non-hydrogen) atoms. The van der Waals surface area contributed by atoms with Crippen molar-refractivity contribution in [1.82, 2.24) is 9.97 Å². The van der Waals surface area contributed by atoms with Crippen molar-refractivity contribution in [2.45, 2.75) is 19.8 Å². The van der Waals surface area contributed by atoms with Crippen LogP contribution in [0, 0.1) is 5.92 Å². The lowest BCUT2D eigenvalue weighted by Crippen LogP contribution is -2.18. The van der Waals surface area contributed by atoms with Gasteiger partial charge in [-0.25, -0.2) is 4.98 Å². The Morgan fingerprint density at radius 3 is 2.72 bits per heavy atom. The van der Waals surface area contributed by atoms with Gasteiger partial charge in [-0.3, -0.25) is 9.59 Å². The van der Waals surface area contributed by atoms with E-state index in [1.54, 1.807) is 18.2 Å². The van der Waals surface area contributed by atoms with Gasteiger partial charge in [0.2, 0.25) is 11.9 Å². The first-order chi connectivity index (χ1) is 12.0. The molecule has 0 atom stereocenters. The zero-order valence-electron chi connectivity index (χ0n) is 13.9. The molecule has 1 aliphatic carbocycles. The fraction of sp³-hybridized carbons (Fsp3) is 0.294. The van der Waals surface area contributed by atoms with Crippen LogP contribution >= 0.6 is 0 Å². The number of benzene rings is 1. The highest BCUT2D eigenvalue weighted by Gasteiger charge is 2.22. The second-order valence-corrected chi connectivity index (χ2v) is 6.03. The minimum Gasteiger partial charge on any atom is -0.369 e. The van der Waals surface area contributed by atoms with Crippen molar-refractivity contribution < 1.29 is 9.59 Å². The van der Waals surface area contributed by atoms with Gasteiger partial charge in [0, 0.05) is 31.0 Å². The van der Waals surface area contributed by atoms with Gasteiger partial charge in [0.15, 0.2) is 0 Å². The molecule has 2 amide bonds. The SMILES string of the molecule is CC(=O)Nc1cccc(Nc2ncc(C(N)=O)c(NCC3CC3)n2)c1. The van der Waals surface area contributed by atoms with Crippen molar-refractivity contribution in [3.05, 3.63) is 36.0 Å². The molecule has 5 N–H and O–H groups in total. The molecular formula is C17H20N6O2. The number of primary amides is 1. The molecule has 2 aromatic rings. The maximum absolute atomic E-state index is 11.5. The van der Waals surface area contributed by atoms with Gasteiger partial charge < -0.3 is 21.7 Å². The Bertz CT molecular complexity index is 803. The van der Waals surface area contributed by atoms with E-state index in [0.29, 0.717) is 29.1 Å². The molecule has 0 saturated heterocycles. The van der Waals surface area contributed by atoms with Crippen LogP contribution in [0.15, 0.2) is 30.5 Å². The fourth-order valence-electron chi connectivity index (χ4n) is 2.33. The van der Waals surface area contributed by atoms with Gasteiger partial charge in [0.05, 0.1) is 5.56 Å². The maximum Gasteiger partial charge on any atom is 0.254 e. The Balaban J connectivity index is 1.78. The third-order valence-corrected chi connectivity index (χ3v) is 3.75. The molecule has 1 fully saturated rings. The predicted octanol–water partition coefficient (Wildman–Crippen LogP) is 2.10. The van der Waals surface area contributed by atoms with E-state index in [1.807, 2.05) is 6.07 Å². The fourth-order valence-corrected chi connectivity index (χ4v) is 2.33. The average molecular weight is 340 g/mol. The first kappa shape index (κ1) is 16.7. The summed E-state index contributed by atoms with van der Waals surface area (Å²) >= 11 is 0. The van der Waals surface area contributed by atoms with E-state index >= 15 is 0 Å². The van der Waals surface area contributed by atoms with Gasteiger partial charge in [0.25, 0.3) is 5.91 Å². The number of carbonyl (C=O) groups excluding carboxylic acids is 2. The molecular weight excluding hydrogens is 320 g/mol. The standard InChI is InChI=1S/C17H20N6O2/c1-10(24)21-12-3-2-4-13(7-12)22-17-20-9-14(15(18)25)16(23-17)19-8-11-5-6-11/h2-4,7,9,11H,5-6,8H2,1H3,(H2,18,25)(H,21,24)(H2,19,20,22,23). The van der Waals surface area contributed by atoms with Crippen molar-refractivity contribution in [3.63, 3.8) is 0 Å². The molecule has 8 heteroatoms. The number of rotatable bonds is 7. The molecule has 1 heterocycles. The molecule has 0 bridgehead atoms. The molecule has 1 saturated carbocycles. The zero-order chi connectivity index (χ0) is 17.8. The summed E-state index contributed by atoms with van der Waals surface area (Å²) in [5.41, 5.74) is 7.03. The van der Waals surface area contributed by atoms with E-state index in [-0.39, 0.29) is 11.5 Å². The molecule has 0 unspecified atom stereocenters. The lowest BCUT2D eigenvalue weighted by Gasteiger charge is -2.12. The highest BCUT2D eigenvalue weighted by Crippen LogP contribution is 2.29. The quantitative estimate of drug-likeness (QED) is 0.612. The Morgan fingerprint density at radius 1 is 1.28 bits per heavy atom. The summed E-state index contributed by atoms with van der Waals surface area (Å²) in [6.07, 6.45) is 3.78. The minimum atomic E-state index is -0.572. The molecule has 0 aliphatic heterocycles. The molecule has 1 aliphatic rings.